The molecule has 0 bridgehead atoms. The summed E-state index contributed by atoms with van der Waals surface area (Å²) in [6.45, 7) is 0. The Morgan fingerprint density at radius 2 is 1.93 bits per heavy atom. The van der Waals surface area contributed by atoms with E-state index in [1.807, 2.05) is 0 Å². The zero-order chi connectivity index (χ0) is 10.4. The molecule has 14 heavy (non-hydrogen) atoms. The van der Waals surface area contributed by atoms with Crippen molar-refractivity contribution in [1.82, 2.24) is 0 Å². The van der Waals surface area contributed by atoms with Gasteiger partial charge in [-0.15, -0.1) is 0 Å². The van der Waals surface area contributed by atoms with Crippen LogP contribution in [0, 0.1) is 5.41 Å². The lowest BCUT2D eigenvalue weighted by molar-refractivity contribution is -0.131. The number of hydrogen-bond donors (Lipinski definition) is 1. The van der Waals surface area contributed by atoms with E-state index in [4.69, 9.17) is 5.11 Å². The Kier molecular flexibility index (Phi) is 3.86. The second-order valence-electron chi connectivity index (χ2n) is 3.99. The monoisotopic (exact) mass is 196 g/mol. The van der Waals surface area contributed by atoms with Gasteiger partial charge in [-0.2, -0.15) is 0 Å². The van der Waals surface area contributed by atoms with Crippen molar-refractivity contribution in [2.45, 2.75) is 38.5 Å². The van der Waals surface area contributed by atoms with Crippen molar-refractivity contribution >= 4 is 12.3 Å². The Morgan fingerprint density at radius 1 is 1.29 bits per heavy atom. The Bertz CT molecular complexity index is 237. The van der Waals surface area contributed by atoms with Gasteiger partial charge < -0.3 is 9.90 Å². The maximum atomic E-state index is 11.0. The molecule has 0 heterocycles. The van der Waals surface area contributed by atoms with Gasteiger partial charge in [0.1, 0.15) is 6.29 Å². The minimum absolute atomic E-state index is 0.274. The normalized spacial score (nSPS) is 20.9. The van der Waals surface area contributed by atoms with Crippen LogP contribution in [0.3, 0.4) is 0 Å². The molecule has 1 N–H and O–H groups in total. The number of carboxylic acids is 1. The van der Waals surface area contributed by atoms with E-state index in [2.05, 4.69) is 0 Å². The minimum atomic E-state index is -0.943. The van der Waals surface area contributed by atoms with E-state index in [9.17, 15) is 9.59 Å². The highest BCUT2D eigenvalue weighted by Gasteiger charge is 2.30. The summed E-state index contributed by atoms with van der Waals surface area (Å²) in [5.41, 5.74) is -0.274. The lowest BCUT2D eigenvalue weighted by Gasteiger charge is -2.30. The second kappa shape index (κ2) is 4.94. The molecular weight excluding hydrogens is 180 g/mol. The Hall–Kier alpha value is -1.12. The molecule has 0 radical (unpaired) electrons. The van der Waals surface area contributed by atoms with Gasteiger partial charge >= 0.3 is 5.97 Å². The first-order valence-electron chi connectivity index (χ1n) is 5.04. The van der Waals surface area contributed by atoms with E-state index in [1.54, 1.807) is 6.08 Å². The number of carbonyl (C=O) groups is 2. The smallest absolute Gasteiger partial charge is 0.327 e. The molecule has 0 aromatic carbocycles. The SMILES string of the molecule is O=CC1(CC=CC(=O)O)CCCCC1. The Balaban J connectivity index is 2.52. The van der Waals surface area contributed by atoms with Gasteiger partial charge in [-0.25, -0.2) is 4.79 Å². The zero-order valence-corrected chi connectivity index (χ0v) is 8.24. The maximum Gasteiger partial charge on any atom is 0.327 e. The maximum absolute atomic E-state index is 11.0. The van der Waals surface area contributed by atoms with Gasteiger partial charge in [-0.05, 0) is 19.3 Å². The highest BCUT2D eigenvalue weighted by Crippen LogP contribution is 2.37. The molecule has 0 amide bonds. The van der Waals surface area contributed by atoms with Crippen molar-refractivity contribution in [3.63, 3.8) is 0 Å². The Labute approximate surface area is 83.8 Å². The van der Waals surface area contributed by atoms with Crippen LogP contribution in [-0.4, -0.2) is 17.4 Å². The molecule has 78 valence electrons. The lowest BCUT2D eigenvalue weighted by atomic mass is 9.73. The number of hydrogen-bond acceptors (Lipinski definition) is 2. The van der Waals surface area contributed by atoms with Crippen LogP contribution < -0.4 is 0 Å². The Morgan fingerprint density at radius 3 is 2.43 bits per heavy atom. The van der Waals surface area contributed by atoms with Gasteiger partial charge in [0.15, 0.2) is 0 Å². The molecule has 0 aliphatic heterocycles. The van der Waals surface area contributed by atoms with Gasteiger partial charge in [-0.3, -0.25) is 0 Å². The highest BCUT2D eigenvalue weighted by atomic mass is 16.4. The second-order valence-corrected chi connectivity index (χ2v) is 3.99. The molecule has 0 unspecified atom stereocenters. The molecule has 1 aliphatic carbocycles. The largest absolute Gasteiger partial charge is 0.478 e. The fraction of sp³-hybridized carbons (Fsp3) is 0.636. The molecule has 1 fully saturated rings. The van der Waals surface area contributed by atoms with E-state index < -0.39 is 5.97 Å². The standard InChI is InChI=1S/C11H16O3/c12-9-11(6-2-1-3-7-11)8-4-5-10(13)14/h4-5,9H,1-3,6-8H2,(H,13,14). The van der Waals surface area contributed by atoms with E-state index in [0.717, 1.165) is 38.0 Å². The average molecular weight is 196 g/mol. The molecule has 0 spiro atoms. The first-order valence-corrected chi connectivity index (χ1v) is 5.04. The van der Waals surface area contributed by atoms with Gasteiger partial charge in [0, 0.05) is 11.5 Å². The molecule has 0 saturated heterocycles. The molecule has 0 atom stereocenters. The predicted octanol–water partition coefficient (Wildman–Crippen LogP) is 2.17. The minimum Gasteiger partial charge on any atom is -0.478 e. The summed E-state index contributed by atoms with van der Waals surface area (Å²) in [4.78, 5) is 21.2. The van der Waals surface area contributed by atoms with Crippen molar-refractivity contribution < 1.29 is 14.7 Å². The van der Waals surface area contributed by atoms with Crippen LogP contribution in [0.15, 0.2) is 12.2 Å². The molecule has 3 nitrogen and oxygen atoms in total. The van der Waals surface area contributed by atoms with Crippen molar-refractivity contribution in [2.24, 2.45) is 5.41 Å². The van der Waals surface area contributed by atoms with Crippen molar-refractivity contribution in [3.05, 3.63) is 12.2 Å². The third-order valence-electron chi connectivity index (χ3n) is 2.88. The third-order valence-corrected chi connectivity index (χ3v) is 2.88. The number of aliphatic carboxylic acids is 1. The van der Waals surface area contributed by atoms with Gasteiger partial charge in [0.2, 0.25) is 0 Å². The summed E-state index contributed by atoms with van der Waals surface area (Å²) in [6.07, 6.45) is 9.47. The fourth-order valence-electron chi connectivity index (χ4n) is 2.02. The predicted molar refractivity (Wildman–Crippen MR) is 53.0 cm³/mol. The first-order chi connectivity index (χ1) is 6.68. The summed E-state index contributed by atoms with van der Waals surface area (Å²) in [7, 11) is 0. The van der Waals surface area contributed by atoms with Crippen LogP contribution in [0.1, 0.15) is 38.5 Å². The molecule has 0 aromatic heterocycles. The van der Waals surface area contributed by atoms with Gasteiger partial charge in [-0.1, -0.05) is 25.3 Å². The van der Waals surface area contributed by atoms with Crippen LogP contribution in [0.2, 0.25) is 0 Å². The highest BCUT2D eigenvalue weighted by molar-refractivity contribution is 5.79. The number of rotatable bonds is 4. The molecule has 1 rings (SSSR count). The van der Waals surface area contributed by atoms with Crippen molar-refractivity contribution in [2.75, 3.05) is 0 Å². The van der Waals surface area contributed by atoms with Crippen LogP contribution >= 0.6 is 0 Å². The topological polar surface area (TPSA) is 54.4 Å². The van der Waals surface area contributed by atoms with Gasteiger partial charge in [0.25, 0.3) is 0 Å². The third kappa shape index (κ3) is 2.98. The van der Waals surface area contributed by atoms with Crippen LogP contribution in [0.4, 0.5) is 0 Å². The lowest BCUT2D eigenvalue weighted by Crippen LogP contribution is -2.25. The van der Waals surface area contributed by atoms with Crippen molar-refractivity contribution in [1.29, 1.82) is 0 Å². The summed E-state index contributed by atoms with van der Waals surface area (Å²) >= 11 is 0. The quantitative estimate of drug-likeness (QED) is 0.553. The van der Waals surface area contributed by atoms with Gasteiger partial charge in [0.05, 0.1) is 0 Å². The molecule has 0 aromatic rings. The fourth-order valence-corrected chi connectivity index (χ4v) is 2.02. The summed E-state index contributed by atoms with van der Waals surface area (Å²) in [5.74, 6) is -0.943. The molecule has 3 heteroatoms. The zero-order valence-electron chi connectivity index (χ0n) is 8.24. The van der Waals surface area contributed by atoms with Crippen molar-refractivity contribution in [3.8, 4) is 0 Å². The van der Waals surface area contributed by atoms with Crippen LogP contribution in [0.25, 0.3) is 0 Å². The molecule has 1 saturated carbocycles. The average Bonchev–Trinajstić information content (AvgIpc) is 2.19. The van der Waals surface area contributed by atoms with E-state index in [-0.39, 0.29) is 5.41 Å². The van der Waals surface area contributed by atoms with Crippen LogP contribution in [0.5, 0.6) is 0 Å². The van der Waals surface area contributed by atoms with E-state index in [1.165, 1.54) is 6.42 Å². The first kappa shape index (κ1) is 11.0. The number of carboxylic acid groups (broad SMARTS) is 1. The molecule has 1 aliphatic rings. The summed E-state index contributed by atoms with van der Waals surface area (Å²) in [5, 5.41) is 8.42. The van der Waals surface area contributed by atoms with E-state index >= 15 is 0 Å². The number of allylic oxidation sites excluding steroid dienone is 1. The summed E-state index contributed by atoms with van der Waals surface area (Å²) in [6, 6.07) is 0. The number of aldehydes is 1. The molecular formula is C11H16O3. The summed E-state index contributed by atoms with van der Waals surface area (Å²) < 4.78 is 0. The number of carbonyl (C=O) groups excluding carboxylic acids is 1. The van der Waals surface area contributed by atoms with E-state index in [0.29, 0.717) is 6.42 Å². The van der Waals surface area contributed by atoms with Crippen LogP contribution in [-0.2, 0) is 9.59 Å².